The van der Waals surface area contributed by atoms with E-state index in [9.17, 15) is 14.0 Å². The van der Waals surface area contributed by atoms with E-state index in [2.05, 4.69) is 5.32 Å². The fourth-order valence-corrected chi connectivity index (χ4v) is 1.87. The van der Waals surface area contributed by atoms with Gasteiger partial charge in [-0.15, -0.1) is 0 Å². The Morgan fingerprint density at radius 1 is 1.23 bits per heavy atom. The lowest BCUT2D eigenvalue weighted by Crippen LogP contribution is -2.21. The van der Waals surface area contributed by atoms with Crippen molar-refractivity contribution in [1.29, 1.82) is 0 Å². The molecule has 2 rings (SSSR count). The van der Waals surface area contributed by atoms with Crippen LogP contribution in [-0.4, -0.2) is 23.6 Å². The van der Waals surface area contributed by atoms with Crippen LogP contribution in [0.4, 0.5) is 10.1 Å². The number of nitrogens with one attached hydrogen (secondary N) is 1. The van der Waals surface area contributed by atoms with Crippen molar-refractivity contribution in [3.63, 3.8) is 0 Å². The van der Waals surface area contributed by atoms with Crippen molar-refractivity contribution in [3.8, 4) is 5.75 Å². The molecule has 0 aromatic heterocycles. The van der Waals surface area contributed by atoms with Gasteiger partial charge in [-0.1, -0.05) is 23.7 Å². The molecule has 0 bridgehead atoms. The minimum atomic E-state index is -1.16. The second-order valence-electron chi connectivity index (χ2n) is 4.26. The monoisotopic (exact) mass is 323 g/mol. The van der Waals surface area contributed by atoms with Crippen LogP contribution in [0, 0.1) is 5.82 Å². The number of ether oxygens (including phenoxy) is 1. The first-order valence-corrected chi connectivity index (χ1v) is 6.55. The molecule has 0 saturated carbocycles. The van der Waals surface area contributed by atoms with Crippen molar-refractivity contribution in [2.45, 2.75) is 0 Å². The first-order chi connectivity index (χ1) is 10.5. The zero-order chi connectivity index (χ0) is 16.1. The maximum atomic E-state index is 13.1. The molecule has 0 unspecified atom stereocenters. The summed E-state index contributed by atoms with van der Waals surface area (Å²) in [4.78, 5) is 22.8. The van der Waals surface area contributed by atoms with Crippen LogP contribution in [0.5, 0.6) is 5.75 Å². The minimum absolute atomic E-state index is 0.0309. The number of carboxylic acid groups (broad SMARTS) is 1. The van der Waals surface area contributed by atoms with Crippen LogP contribution in [-0.2, 0) is 4.79 Å². The highest BCUT2D eigenvalue weighted by Gasteiger charge is 2.12. The van der Waals surface area contributed by atoms with Crippen LogP contribution >= 0.6 is 11.6 Å². The van der Waals surface area contributed by atoms with Gasteiger partial charge in [0.15, 0.2) is 6.61 Å². The summed E-state index contributed by atoms with van der Waals surface area (Å²) in [6.45, 7) is -0.433. The number of aromatic carboxylic acids is 1. The second-order valence-corrected chi connectivity index (χ2v) is 4.67. The minimum Gasteiger partial charge on any atom is -0.482 e. The molecule has 0 fully saturated rings. The predicted molar refractivity (Wildman–Crippen MR) is 78.9 cm³/mol. The molecule has 0 aliphatic carbocycles. The van der Waals surface area contributed by atoms with E-state index in [1.54, 1.807) is 12.1 Å². The highest BCUT2D eigenvalue weighted by molar-refractivity contribution is 6.32. The maximum Gasteiger partial charge on any atom is 0.337 e. The molecule has 22 heavy (non-hydrogen) atoms. The van der Waals surface area contributed by atoms with Gasteiger partial charge in [0, 0.05) is 6.07 Å². The molecule has 0 spiro atoms. The molecule has 1 amide bonds. The zero-order valence-corrected chi connectivity index (χ0v) is 11.9. The summed E-state index contributed by atoms with van der Waals surface area (Å²) in [6, 6.07) is 9.48. The van der Waals surface area contributed by atoms with Gasteiger partial charge in [-0.2, -0.15) is 0 Å². The zero-order valence-electron chi connectivity index (χ0n) is 11.2. The van der Waals surface area contributed by atoms with Gasteiger partial charge in [-0.3, -0.25) is 4.79 Å². The fraction of sp³-hybridized carbons (Fsp3) is 0.0667. The third-order valence-corrected chi connectivity index (χ3v) is 3.00. The topological polar surface area (TPSA) is 75.6 Å². The Balaban J connectivity index is 2.02. The Morgan fingerprint density at radius 3 is 2.68 bits per heavy atom. The lowest BCUT2D eigenvalue weighted by molar-refractivity contribution is -0.118. The van der Waals surface area contributed by atoms with Gasteiger partial charge in [0.05, 0.1) is 16.3 Å². The normalized spacial score (nSPS) is 10.1. The highest BCUT2D eigenvalue weighted by Crippen LogP contribution is 2.25. The number of halogens is 2. The first-order valence-electron chi connectivity index (χ1n) is 6.17. The maximum absolute atomic E-state index is 13.1. The van der Waals surface area contributed by atoms with E-state index in [-0.39, 0.29) is 22.0 Å². The van der Waals surface area contributed by atoms with Crippen LogP contribution in [0.3, 0.4) is 0 Å². The standard InChI is InChI=1S/C15H11ClFNO4/c16-11-6-5-9(17)7-13(11)22-8-14(19)18-12-4-2-1-3-10(12)15(20)21/h1-7H,8H2,(H,18,19)(H,20,21). The Morgan fingerprint density at radius 2 is 1.95 bits per heavy atom. The van der Waals surface area contributed by atoms with Crippen molar-refractivity contribution in [2.24, 2.45) is 0 Å². The summed E-state index contributed by atoms with van der Waals surface area (Å²) in [5.74, 6) is -2.27. The summed E-state index contributed by atoms with van der Waals surface area (Å²) in [7, 11) is 0. The van der Waals surface area contributed by atoms with E-state index in [4.69, 9.17) is 21.4 Å². The average Bonchev–Trinajstić information content (AvgIpc) is 2.48. The molecule has 0 aliphatic heterocycles. The van der Waals surface area contributed by atoms with Gasteiger partial charge in [0.1, 0.15) is 11.6 Å². The number of carbonyl (C=O) groups is 2. The first kappa shape index (κ1) is 15.8. The number of benzene rings is 2. The fourth-order valence-electron chi connectivity index (χ4n) is 1.70. The van der Waals surface area contributed by atoms with Crippen LogP contribution in [0.15, 0.2) is 42.5 Å². The lowest BCUT2D eigenvalue weighted by Gasteiger charge is -2.10. The molecule has 114 valence electrons. The number of rotatable bonds is 5. The Bertz CT molecular complexity index is 720. The van der Waals surface area contributed by atoms with Gasteiger partial charge < -0.3 is 15.2 Å². The Hall–Kier alpha value is -2.60. The third kappa shape index (κ3) is 3.95. The van der Waals surface area contributed by atoms with Crippen molar-refractivity contribution in [2.75, 3.05) is 11.9 Å². The molecule has 2 aromatic rings. The number of carbonyl (C=O) groups excluding carboxylic acids is 1. The van der Waals surface area contributed by atoms with Crippen molar-refractivity contribution < 1.29 is 23.8 Å². The third-order valence-electron chi connectivity index (χ3n) is 2.68. The Kier molecular flexibility index (Phi) is 4.95. The van der Waals surface area contributed by atoms with Crippen LogP contribution in [0.25, 0.3) is 0 Å². The smallest absolute Gasteiger partial charge is 0.337 e. The van der Waals surface area contributed by atoms with Crippen LogP contribution in [0.1, 0.15) is 10.4 Å². The molecule has 0 radical (unpaired) electrons. The number of hydrogen-bond acceptors (Lipinski definition) is 3. The van der Waals surface area contributed by atoms with E-state index >= 15 is 0 Å². The largest absolute Gasteiger partial charge is 0.482 e. The summed E-state index contributed by atoms with van der Waals surface area (Å²) in [5, 5.41) is 11.6. The molecule has 2 N–H and O–H groups in total. The van der Waals surface area contributed by atoms with Crippen molar-refractivity contribution in [1.82, 2.24) is 0 Å². The summed E-state index contributed by atoms with van der Waals surface area (Å²) >= 11 is 5.81. The van der Waals surface area contributed by atoms with Gasteiger partial charge >= 0.3 is 5.97 Å². The lowest BCUT2D eigenvalue weighted by atomic mass is 10.2. The van der Waals surface area contributed by atoms with Crippen LogP contribution < -0.4 is 10.1 Å². The molecule has 0 heterocycles. The number of para-hydroxylation sites is 1. The van der Waals surface area contributed by atoms with E-state index in [1.807, 2.05) is 0 Å². The van der Waals surface area contributed by atoms with Gasteiger partial charge in [-0.05, 0) is 24.3 Å². The van der Waals surface area contributed by atoms with Gasteiger partial charge in [-0.25, -0.2) is 9.18 Å². The summed E-state index contributed by atoms with van der Waals surface area (Å²) in [5.41, 5.74) is 0.105. The number of carboxylic acids is 1. The molecule has 7 heteroatoms. The molecule has 2 aromatic carbocycles. The van der Waals surface area contributed by atoms with Crippen molar-refractivity contribution in [3.05, 3.63) is 58.9 Å². The van der Waals surface area contributed by atoms with E-state index in [1.165, 1.54) is 24.3 Å². The summed E-state index contributed by atoms with van der Waals surface area (Å²) < 4.78 is 18.2. The Labute approximate surface area is 130 Å². The molecule has 0 saturated heterocycles. The molecule has 0 aliphatic rings. The summed E-state index contributed by atoms with van der Waals surface area (Å²) in [6.07, 6.45) is 0. The van der Waals surface area contributed by atoms with Gasteiger partial charge in [0.2, 0.25) is 0 Å². The van der Waals surface area contributed by atoms with Crippen molar-refractivity contribution >= 4 is 29.2 Å². The number of anilines is 1. The van der Waals surface area contributed by atoms with Crippen LogP contribution in [0.2, 0.25) is 5.02 Å². The van der Waals surface area contributed by atoms with Gasteiger partial charge in [0.25, 0.3) is 5.91 Å². The number of hydrogen-bond donors (Lipinski definition) is 2. The molecular weight excluding hydrogens is 313 g/mol. The predicted octanol–water partition coefficient (Wildman–Crippen LogP) is 3.19. The van der Waals surface area contributed by atoms with E-state index in [0.29, 0.717) is 0 Å². The quantitative estimate of drug-likeness (QED) is 0.886. The molecule has 5 nitrogen and oxygen atoms in total. The average molecular weight is 324 g/mol. The highest BCUT2D eigenvalue weighted by atomic mass is 35.5. The molecular formula is C15H11ClFNO4. The van der Waals surface area contributed by atoms with E-state index in [0.717, 1.165) is 6.07 Å². The SMILES string of the molecule is O=C(COc1cc(F)ccc1Cl)Nc1ccccc1C(=O)O. The second kappa shape index (κ2) is 6.91. The number of amides is 1. The van der Waals surface area contributed by atoms with E-state index < -0.39 is 24.3 Å². The molecule has 0 atom stereocenters.